The van der Waals surface area contributed by atoms with E-state index >= 15 is 0 Å². The number of hydrogen-bond acceptors (Lipinski definition) is 5. The predicted molar refractivity (Wildman–Crippen MR) is 75.1 cm³/mol. The summed E-state index contributed by atoms with van der Waals surface area (Å²) in [5.41, 5.74) is 3.26. The predicted octanol–water partition coefficient (Wildman–Crippen LogP) is 2.42. The van der Waals surface area contributed by atoms with Gasteiger partial charge in [-0.15, -0.1) is 11.3 Å². The fourth-order valence-corrected chi connectivity index (χ4v) is 3.30. The molecule has 0 amide bonds. The summed E-state index contributed by atoms with van der Waals surface area (Å²) < 4.78 is 1.12. The van der Waals surface area contributed by atoms with Gasteiger partial charge in [0, 0.05) is 22.3 Å². The Morgan fingerprint density at radius 1 is 1.37 bits per heavy atom. The van der Waals surface area contributed by atoms with Gasteiger partial charge in [0.15, 0.2) is 0 Å². The third-order valence-electron chi connectivity index (χ3n) is 3.52. The van der Waals surface area contributed by atoms with Crippen LogP contribution in [0.2, 0.25) is 0 Å². The quantitative estimate of drug-likeness (QED) is 0.751. The number of nitrogens with zero attached hydrogens (tertiary/aromatic N) is 3. The minimum atomic E-state index is 0.336. The van der Waals surface area contributed by atoms with Crippen LogP contribution in [-0.4, -0.2) is 26.7 Å². The van der Waals surface area contributed by atoms with E-state index in [-0.39, 0.29) is 0 Å². The number of H-pyrrole nitrogens is 1. The molecule has 96 valence electrons. The molecule has 1 fully saturated rings. The van der Waals surface area contributed by atoms with Crippen molar-refractivity contribution in [3.63, 3.8) is 0 Å². The number of aromatic amines is 1. The Hall–Kier alpha value is -1.79. The second kappa shape index (κ2) is 4.11. The molecule has 0 bridgehead atoms. The summed E-state index contributed by atoms with van der Waals surface area (Å²) in [6.45, 7) is 3.09. The van der Waals surface area contributed by atoms with Gasteiger partial charge in [0.05, 0.1) is 22.5 Å². The molecule has 1 aliphatic heterocycles. The summed E-state index contributed by atoms with van der Waals surface area (Å²) in [5, 5.41) is 10.4. The van der Waals surface area contributed by atoms with Gasteiger partial charge < -0.3 is 5.32 Å². The Morgan fingerprint density at radius 2 is 2.26 bits per heavy atom. The second-order valence-electron chi connectivity index (χ2n) is 4.79. The van der Waals surface area contributed by atoms with Gasteiger partial charge in [-0.3, -0.25) is 5.10 Å². The number of fused-ring (bicyclic) bond motifs is 1. The lowest BCUT2D eigenvalue weighted by atomic mass is 10.1. The Kier molecular flexibility index (Phi) is 2.39. The van der Waals surface area contributed by atoms with E-state index in [4.69, 9.17) is 0 Å². The molecule has 0 radical (unpaired) electrons. The van der Waals surface area contributed by atoms with E-state index in [1.54, 1.807) is 11.3 Å². The minimum Gasteiger partial charge on any atom is -0.307 e. The number of thiophene rings is 1. The number of nitrogens with one attached hydrogen (secondary N) is 2. The lowest BCUT2D eigenvalue weighted by molar-refractivity contribution is 0.367. The third kappa shape index (κ3) is 1.75. The molecule has 3 aromatic heterocycles. The third-order valence-corrected chi connectivity index (χ3v) is 4.61. The molecule has 1 saturated heterocycles. The van der Waals surface area contributed by atoms with Crippen LogP contribution in [0.4, 0.5) is 0 Å². The zero-order chi connectivity index (χ0) is 12.8. The Morgan fingerprint density at radius 3 is 2.95 bits per heavy atom. The van der Waals surface area contributed by atoms with E-state index in [0.717, 1.165) is 40.3 Å². The van der Waals surface area contributed by atoms with Crippen LogP contribution in [0, 0.1) is 6.92 Å². The largest absolute Gasteiger partial charge is 0.307 e. The van der Waals surface area contributed by atoms with Gasteiger partial charge in [0.2, 0.25) is 0 Å². The van der Waals surface area contributed by atoms with E-state index < -0.39 is 0 Å². The van der Waals surface area contributed by atoms with Crippen molar-refractivity contribution in [1.29, 1.82) is 0 Å². The Balaban J connectivity index is 1.80. The lowest BCUT2D eigenvalue weighted by Gasteiger charge is -2.25. The van der Waals surface area contributed by atoms with Gasteiger partial charge in [-0.2, -0.15) is 5.10 Å². The zero-order valence-corrected chi connectivity index (χ0v) is 11.3. The van der Waals surface area contributed by atoms with Gasteiger partial charge in [0.25, 0.3) is 0 Å². The highest BCUT2D eigenvalue weighted by molar-refractivity contribution is 7.22. The Labute approximate surface area is 114 Å². The van der Waals surface area contributed by atoms with Crippen molar-refractivity contribution in [1.82, 2.24) is 25.5 Å². The molecule has 2 N–H and O–H groups in total. The first-order chi connectivity index (χ1) is 9.31. The first-order valence-electron chi connectivity index (χ1n) is 6.31. The molecule has 0 saturated carbocycles. The van der Waals surface area contributed by atoms with Gasteiger partial charge in [-0.1, -0.05) is 0 Å². The standard InChI is InChI=1S/C13H13N5S/c1-7-8(5-16-18-7)11-4-10-12(19-11)6-15-13(17-10)9-2-3-14-9/h4-6,9,14H,2-3H2,1H3,(H,16,18)/t9-/m0/s1. The van der Waals surface area contributed by atoms with Crippen LogP contribution in [0.15, 0.2) is 18.5 Å². The van der Waals surface area contributed by atoms with E-state index in [9.17, 15) is 0 Å². The van der Waals surface area contributed by atoms with Crippen LogP contribution in [0.3, 0.4) is 0 Å². The normalized spacial score (nSPS) is 18.7. The van der Waals surface area contributed by atoms with Crippen molar-refractivity contribution in [3.8, 4) is 10.4 Å². The summed E-state index contributed by atoms with van der Waals surface area (Å²) in [5.74, 6) is 0.909. The van der Waals surface area contributed by atoms with Crippen molar-refractivity contribution < 1.29 is 0 Å². The van der Waals surface area contributed by atoms with Crippen LogP contribution in [0.25, 0.3) is 20.7 Å². The van der Waals surface area contributed by atoms with Crippen molar-refractivity contribution in [2.24, 2.45) is 0 Å². The monoisotopic (exact) mass is 271 g/mol. The van der Waals surface area contributed by atoms with Crippen molar-refractivity contribution in [2.45, 2.75) is 19.4 Å². The zero-order valence-electron chi connectivity index (χ0n) is 10.5. The number of aromatic nitrogens is 4. The summed E-state index contributed by atoms with van der Waals surface area (Å²) in [4.78, 5) is 10.3. The summed E-state index contributed by atoms with van der Waals surface area (Å²) >= 11 is 1.71. The van der Waals surface area contributed by atoms with Crippen LogP contribution >= 0.6 is 11.3 Å². The molecule has 4 heterocycles. The molecule has 4 rings (SSSR count). The van der Waals surface area contributed by atoms with Crippen molar-refractivity contribution in [3.05, 3.63) is 30.0 Å². The average Bonchev–Trinajstić information content (AvgIpc) is 2.91. The second-order valence-corrected chi connectivity index (χ2v) is 5.88. The Bertz CT molecular complexity index is 740. The maximum Gasteiger partial charge on any atom is 0.145 e. The van der Waals surface area contributed by atoms with E-state index in [1.165, 1.54) is 4.88 Å². The lowest BCUT2D eigenvalue weighted by Crippen LogP contribution is -2.36. The van der Waals surface area contributed by atoms with Crippen molar-refractivity contribution >= 4 is 21.6 Å². The molecular formula is C13H13N5S. The first kappa shape index (κ1) is 11.1. The molecule has 19 heavy (non-hydrogen) atoms. The van der Waals surface area contributed by atoms with Gasteiger partial charge in [0.1, 0.15) is 5.82 Å². The van der Waals surface area contributed by atoms with E-state index in [1.807, 2.05) is 19.3 Å². The van der Waals surface area contributed by atoms with Gasteiger partial charge >= 0.3 is 0 Å². The molecule has 1 aliphatic rings. The highest BCUT2D eigenvalue weighted by Crippen LogP contribution is 2.34. The molecule has 6 heteroatoms. The maximum atomic E-state index is 4.66. The smallest absolute Gasteiger partial charge is 0.145 e. The average molecular weight is 271 g/mol. The molecule has 0 aromatic carbocycles. The molecule has 1 atom stereocenters. The highest BCUT2D eigenvalue weighted by atomic mass is 32.1. The van der Waals surface area contributed by atoms with Crippen LogP contribution in [-0.2, 0) is 0 Å². The molecular weight excluding hydrogens is 258 g/mol. The van der Waals surface area contributed by atoms with E-state index in [2.05, 4.69) is 31.5 Å². The molecule has 5 nitrogen and oxygen atoms in total. The summed E-state index contributed by atoms with van der Waals surface area (Å²) in [6, 6.07) is 2.46. The fraction of sp³-hybridized carbons (Fsp3) is 0.308. The van der Waals surface area contributed by atoms with Crippen LogP contribution in [0.1, 0.15) is 24.0 Å². The minimum absolute atomic E-state index is 0.336. The van der Waals surface area contributed by atoms with Gasteiger partial charge in [-0.05, 0) is 26.0 Å². The number of rotatable bonds is 2. The van der Waals surface area contributed by atoms with Crippen LogP contribution in [0.5, 0.6) is 0 Å². The topological polar surface area (TPSA) is 66.5 Å². The SMILES string of the molecule is Cc1[nH]ncc1-c1cc2nc([C@@H]3CCN3)ncc2s1. The maximum absolute atomic E-state index is 4.66. The number of hydrogen-bond donors (Lipinski definition) is 2. The molecule has 0 spiro atoms. The highest BCUT2D eigenvalue weighted by Gasteiger charge is 2.21. The molecule has 0 unspecified atom stereocenters. The van der Waals surface area contributed by atoms with Crippen molar-refractivity contribution in [2.75, 3.05) is 6.54 Å². The van der Waals surface area contributed by atoms with Gasteiger partial charge in [-0.25, -0.2) is 9.97 Å². The van der Waals surface area contributed by atoms with E-state index in [0.29, 0.717) is 6.04 Å². The number of aryl methyl sites for hydroxylation is 1. The summed E-state index contributed by atoms with van der Waals surface area (Å²) in [6.07, 6.45) is 4.92. The molecule has 3 aromatic rings. The first-order valence-corrected chi connectivity index (χ1v) is 7.13. The van der Waals surface area contributed by atoms with Crippen LogP contribution < -0.4 is 5.32 Å². The summed E-state index contributed by atoms with van der Waals surface area (Å²) in [7, 11) is 0. The fourth-order valence-electron chi connectivity index (χ4n) is 2.26. The molecule has 0 aliphatic carbocycles.